The van der Waals surface area contributed by atoms with E-state index in [1.54, 1.807) is 10.6 Å². The van der Waals surface area contributed by atoms with Crippen LogP contribution in [-0.4, -0.2) is 45.0 Å². The molecule has 2 nitrogen and oxygen atoms in total. The van der Waals surface area contributed by atoms with Crippen LogP contribution < -0.4 is 10.6 Å². The van der Waals surface area contributed by atoms with Crippen molar-refractivity contribution >= 4 is 0 Å². The molecule has 2 N–H and O–H groups in total. The molecule has 0 amide bonds. The van der Waals surface area contributed by atoms with E-state index in [1.807, 2.05) is 0 Å². The van der Waals surface area contributed by atoms with Crippen molar-refractivity contribution in [1.29, 1.82) is 0 Å². The predicted octanol–water partition coefficient (Wildman–Crippen LogP) is 1.33. The van der Waals surface area contributed by atoms with E-state index in [0.29, 0.717) is 0 Å². The van der Waals surface area contributed by atoms with E-state index in [1.165, 1.54) is 0 Å². The molecule has 0 radical (unpaired) electrons. The van der Waals surface area contributed by atoms with Crippen LogP contribution in [0.2, 0.25) is 0 Å². The number of alkyl halides is 6. The van der Waals surface area contributed by atoms with Gasteiger partial charge in [0.1, 0.15) is 0 Å². The van der Waals surface area contributed by atoms with Crippen LogP contribution in [0.25, 0.3) is 0 Å². The first-order valence-corrected chi connectivity index (χ1v) is 4.05. The third kappa shape index (κ3) is 2.75. The van der Waals surface area contributed by atoms with Gasteiger partial charge in [-0.25, -0.2) is 0 Å². The Bertz CT molecular complexity index is 186. The molecular formula is C7H12F6N2. The average Bonchev–Trinajstić information content (AvgIpc) is 2.03. The predicted molar refractivity (Wildman–Crippen MR) is 42.7 cm³/mol. The van der Waals surface area contributed by atoms with Gasteiger partial charge in [0.15, 0.2) is 0 Å². The molecule has 0 aliphatic rings. The third-order valence-electron chi connectivity index (χ3n) is 1.72. The van der Waals surface area contributed by atoms with Gasteiger partial charge in [-0.05, 0) is 14.1 Å². The zero-order chi connectivity index (χ0) is 12.3. The lowest BCUT2D eigenvalue weighted by Gasteiger charge is -2.32. The number of halogens is 6. The Morgan fingerprint density at radius 2 is 1.00 bits per heavy atom. The van der Waals surface area contributed by atoms with Crippen molar-refractivity contribution in [3.8, 4) is 0 Å². The van der Waals surface area contributed by atoms with Gasteiger partial charge in [-0.3, -0.25) is 0 Å². The second-order valence-electron chi connectivity index (χ2n) is 3.04. The lowest BCUT2D eigenvalue weighted by Crippen LogP contribution is -2.60. The Morgan fingerprint density at radius 3 is 1.20 bits per heavy atom. The first-order valence-electron chi connectivity index (χ1n) is 4.05. The van der Waals surface area contributed by atoms with E-state index in [4.69, 9.17) is 0 Å². The molecule has 0 atom stereocenters. The highest BCUT2D eigenvalue weighted by atomic mass is 19.3. The summed E-state index contributed by atoms with van der Waals surface area (Å²) >= 11 is 0. The Balaban J connectivity index is 4.93. The van der Waals surface area contributed by atoms with Crippen molar-refractivity contribution in [3.63, 3.8) is 0 Å². The summed E-state index contributed by atoms with van der Waals surface area (Å²) in [6.45, 7) is -3.03. The second kappa shape index (κ2) is 4.56. The van der Waals surface area contributed by atoms with Crippen LogP contribution in [0.1, 0.15) is 0 Å². The van der Waals surface area contributed by atoms with Crippen LogP contribution in [0, 0.1) is 0 Å². The number of rotatable bonds is 6. The van der Waals surface area contributed by atoms with Gasteiger partial charge in [0, 0.05) is 0 Å². The minimum atomic E-state index is -5.40. The topological polar surface area (TPSA) is 24.1 Å². The second-order valence-corrected chi connectivity index (χ2v) is 3.04. The maximum atomic E-state index is 12.8. The summed E-state index contributed by atoms with van der Waals surface area (Å²) in [6.07, 6.45) is 0. The van der Waals surface area contributed by atoms with Crippen molar-refractivity contribution in [2.45, 2.75) is 17.8 Å². The molecule has 92 valence electrons. The lowest BCUT2D eigenvalue weighted by atomic mass is 10.0. The van der Waals surface area contributed by atoms with Gasteiger partial charge in [-0.2, -0.15) is 26.3 Å². The van der Waals surface area contributed by atoms with Gasteiger partial charge >= 0.3 is 17.8 Å². The summed E-state index contributed by atoms with van der Waals surface area (Å²) in [5.41, 5.74) is 0. The van der Waals surface area contributed by atoms with Crippen molar-refractivity contribution in [2.24, 2.45) is 0 Å². The Morgan fingerprint density at radius 1 is 0.733 bits per heavy atom. The van der Waals surface area contributed by atoms with Gasteiger partial charge in [0.2, 0.25) is 0 Å². The van der Waals surface area contributed by atoms with E-state index in [-0.39, 0.29) is 0 Å². The minimum absolute atomic E-state index is 0.972. The monoisotopic (exact) mass is 238 g/mol. The molecule has 0 aliphatic carbocycles. The van der Waals surface area contributed by atoms with Gasteiger partial charge in [-0.1, -0.05) is 0 Å². The zero-order valence-electron chi connectivity index (χ0n) is 8.18. The lowest BCUT2D eigenvalue weighted by molar-refractivity contribution is -0.303. The zero-order valence-corrected chi connectivity index (χ0v) is 8.18. The third-order valence-corrected chi connectivity index (χ3v) is 1.72. The maximum Gasteiger partial charge on any atom is 0.374 e. The molecule has 8 heteroatoms. The Labute approximate surface area is 83.0 Å². The van der Waals surface area contributed by atoms with Crippen molar-refractivity contribution in [3.05, 3.63) is 0 Å². The van der Waals surface area contributed by atoms with Gasteiger partial charge in [0.05, 0.1) is 13.1 Å². The van der Waals surface area contributed by atoms with Crippen LogP contribution in [0.3, 0.4) is 0 Å². The van der Waals surface area contributed by atoms with Gasteiger partial charge in [0.25, 0.3) is 0 Å². The molecule has 0 aliphatic heterocycles. The molecular weight excluding hydrogens is 226 g/mol. The maximum absolute atomic E-state index is 12.8. The first kappa shape index (κ1) is 14.5. The summed E-state index contributed by atoms with van der Waals surface area (Å²) in [5, 5.41) is 3.49. The standard InChI is InChI=1S/C7H12F6N2/c1-14-3-5(8,9)7(12,13)6(10,11)4-15-2/h14-15H,3-4H2,1-2H3. The van der Waals surface area contributed by atoms with E-state index >= 15 is 0 Å². The highest BCUT2D eigenvalue weighted by Crippen LogP contribution is 2.44. The fourth-order valence-electron chi connectivity index (χ4n) is 0.934. The van der Waals surface area contributed by atoms with Crippen molar-refractivity contribution in [1.82, 2.24) is 10.6 Å². The van der Waals surface area contributed by atoms with E-state index in [0.717, 1.165) is 14.1 Å². The van der Waals surface area contributed by atoms with Crippen molar-refractivity contribution in [2.75, 3.05) is 27.2 Å². The molecule has 0 aromatic rings. The summed E-state index contributed by atoms with van der Waals surface area (Å²) in [5.74, 6) is -15.0. The molecule has 0 saturated heterocycles. The summed E-state index contributed by atoms with van der Waals surface area (Å²) in [7, 11) is 1.94. The number of nitrogens with one attached hydrogen (secondary N) is 2. The summed E-state index contributed by atoms with van der Waals surface area (Å²) < 4.78 is 76.3. The molecule has 0 spiro atoms. The first-order chi connectivity index (χ1) is 6.62. The summed E-state index contributed by atoms with van der Waals surface area (Å²) in [4.78, 5) is 0. The SMILES string of the molecule is CNCC(F)(F)C(F)(F)C(F)(F)CNC. The molecule has 0 rings (SSSR count). The van der Waals surface area contributed by atoms with Crippen LogP contribution in [0.4, 0.5) is 26.3 Å². The Kier molecular flexibility index (Phi) is 4.41. The molecule has 0 aromatic heterocycles. The van der Waals surface area contributed by atoms with Crippen molar-refractivity contribution < 1.29 is 26.3 Å². The van der Waals surface area contributed by atoms with E-state index < -0.39 is 30.9 Å². The van der Waals surface area contributed by atoms with E-state index in [2.05, 4.69) is 0 Å². The average molecular weight is 238 g/mol. The summed E-state index contributed by atoms with van der Waals surface area (Å²) in [6, 6.07) is 0. The molecule has 0 saturated carbocycles. The highest BCUT2D eigenvalue weighted by molar-refractivity contribution is 4.98. The van der Waals surface area contributed by atoms with Crippen LogP contribution >= 0.6 is 0 Å². The normalized spacial score (nSPS) is 14.4. The largest absolute Gasteiger partial charge is 0.374 e. The molecule has 0 fully saturated rings. The van der Waals surface area contributed by atoms with Crippen LogP contribution in [-0.2, 0) is 0 Å². The molecule has 0 aromatic carbocycles. The Hall–Kier alpha value is -0.500. The molecule has 0 unspecified atom stereocenters. The fraction of sp³-hybridized carbons (Fsp3) is 1.00. The molecule has 0 bridgehead atoms. The fourth-order valence-corrected chi connectivity index (χ4v) is 0.934. The van der Waals surface area contributed by atoms with Gasteiger partial charge < -0.3 is 10.6 Å². The highest BCUT2D eigenvalue weighted by Gasteiger charge is 2.70. The van der Waals surface area contributed by atoms with E-state index in [9.17, 15) is 26.3 Å². The number of hydrogen-bond donors (Lipinski definition) is 2. The smallest absolute Gasteiger partial charge is 0.314 e. The molecule has 15 heavy (non-hydrogen) atoms. The van der Waals surface area contributed by atoms with Gasteiger partial charge in [-0.15, -0.1) is 0 Å². The molecule has 0 heterocycles. The quantitative estimate of drug-likeness (QED) is 0.682. The number of hydrogen-bond acceptors (Lipinski definition) is 2. The minimum Gasteiger partial charge on any atom is -0.314 e. The van der Waals surface area contributed by atoms with Crippen LogP contribution in [0.15, 0.2) is 0 Å². The van der Waals surface area contributed by atoms with Crippen LogP contribution in [0.5, 0.6) is 0 Å².